The van der Waals surface area contributed by atoms with Crippen LogP contribution < -0.4 is 0 Å². The zero-order valence-electron chi connectivity index (χ0n) is 9.01. The van der Waals surface area contributed by atoms with Crippen molar-refractivity contribution in [1.82, 2.24) is 0 Å². The summed E-state index contributed by atoms with van der Waals surface area (Å²) in [5, 5.41) is 0. The van der Waals surface area contributed by atoms with Gasteiger partial charge in [0.15, 0.2) is 0 Å². The molecule has 2 nitrogen and oxygen atoms in total. The van der Waals surface area contributed by atoms with Gasteiger partial charge < -0.3 is 0 Å². The lowest BCUT2D eigenvalue weighted by Gasteiger charge is -2.18. The van der Waals surface area contributed by atoms with E-state index in [0.717, 1.165) is 31.3 Å². The van der Waals surface area contributed by atoms with Crippen molar-refractivity contribution in [1.29, 1.82) is 0 Å². The first-order valence-electron chi connectivity index (χ1n) is 5.34. The Labute approximate surface area is 85.4 Å². The highest BCUT2D eigenvalue weighted by molar-refractivity contribution is 6.42. The van der Waals surface area contributed by atoms with E-state index in [1.54, 1.807) is 0 Å². The summed E-state index contributed by atoms with van der Waals surface area (Å²) in [6.45, 7) is 3.68. The van der Waals surface area contributed by atoms with Crippen molar-refractivity contribution in [3.8, 4) is 0 Å². The second kappa shape index (κ2) is 5.08. The standard InChI is InChI=1S/C12H18O2/c1-9(2)8-11(13)12(14)10-6-4-3-5-7-10/h8,10H,3-7H2,1-2H3. The van der Waals surface area contributed by atoms with Gasteiger partial charge in [-0.3, -0.25) is 9.59 Å². The van der Waals surface area contributed by atoms with E-state index in [1.165, 1.54) is 12.5 Å². The van der Waals surface area contributed by atoms with Crippen molar-refractivity contribution in [2.45, 2.75) is 46.0 Å². The molecule has 0 radical (unpaired) electrons. The van der Waals surface area contributed by atoms with Crippen LogP contribution in [0.4, 0.5) is 0 Å². The average molecular weight is 194 g/mol. The summed E-state index contributed by atoms with van der Waals surface area (Å²) in [5.41, 5.74) is 0.902. The molecule has 0 amide bonds. The molecule has 1 aliphatic rings. The number of rotatable bonds is 3. The van der Waals surface area contributed by atoms with E-state index in [4.69, 9.17) is 0 Å². The van der Waals surface area contributed by atoms with Gasteiger partial charge in [-0.25, -0.2) is 0 Å². The van der Waals surface area contributed by atoms with Crippen LogP contribution in [-0.4, -0.2) is 11.6 Å². The van der Waals surface area contributed by atoms with Gasteiger partial charge in [-0.05, 0) is 32.8 Å². The largest absolute Gasteiger partial charge is 0.290 e. The summed E-state index contributed by atoms with van der Waals surface area (Å²) in [5.74, 6) is -0.477. The molecule has 0 aromatic heterocycles. The highest BCUT2D eigenvalue weighted by Gasteiger charge is 2.24. The minimum atomic E-state index is -0.308. The summed E-state index contributed by atoms with van der Waals surface area (Å²) in [7, 11) is 0. The third-order valence-electron chi connectivity index (χ3n) is 2.64. The van der Waals surface area contributed by atoms with E-state index in [2.05, 4.69) is 0 Å². The Balaban J connectivity index is 2.55. The minimum absolute atomic E-state index is 0.00634. The second-order valence-corrected chi connectivity index (χ2v) is 4.29. The first kappa shape index (κ1) is 11.2. The molecule has 0 atom stereocenters. The number of ketones is 2. The van der Waals surface area contributed by atoms with Crippen molar-refractivity contribution in [3.05, 3.63) is 11.6 Å². The first-order chi connectivity index (χ1) is 6.61. The van der Waals surface area contributed by atoms with Gasteiger partial charge in [0, 0.05) is 5.92 Å². The molecule has 2 heteroatoms. The van der Waals surface area contributed by atoms with Crippen LogP contribution in [-0.2, 0) is 9.59 Å². The minimum Gasteiger partial charge on any atom is -0.290 e. The molecule has 1 aliphatic carbocycles. The molecule has 1 fully saturated rings. The van der Waals surface area contributed by atoms with E-state index in [9.17, 15) is 9.59 Å². The number of hydrogen-bond acceptors (Lipinski definition) is 2. The number of allylic oxidation sites excluding steroid dienone is 2. The van der Waals surface area contributed by atoms with E-state index in [1.807, 2.05) is 13.8 Å². The fourth-order valence-electron chi connectivity index (χ4n) is 1.90. The smallest absolute Gasteiger partial charge is 0.221 e. The SMILES string of the molecule is CC(C)=CC(=O)C(=O)C1CCCCC1. The van der Waals surface area contributed by atoms with Gasteiger partial charge in [-0.1, -0.05) is 24.8 Å². The molecule has 0 N–H and O–H groups in total. The van der Waals surface area contributed by atoms with Crippen LogP contribution in [0.25, 0.3) is 0 Å². The predicted octanol–water partition coefficient (Wildman–Crippen LogP) is 2.67. The van der Waals surface area contributed by atoms with Crippen LogP contribution in [0.2, 0.25) is 0 Å². The lowest BCUT2D eigenvalue weighted by atomic mass is 9.85. The number of hydrogen-bond donors (Lipinski definition) is 0. The van der Waals surface area contributed by atoms with E-state index in [0.29, 0.717) is 0 Å². The first-order valence-corrected chi connectivity index (χ1v) is 5.34. The molecule has 0 unspecified atom stereocenters. The zero-order chi connectivity index (χ0) is 10.6. The van der Waals surface area contributed by atoms with Crippen molar-refractivity contribution in [3.63, 3.8) is 0 Å². The summed E-state index contributed by atoms with van der Waals surface area (Å²) in [4.78, 5) is 23.1. The maximum atomic E-state index is 11.6. The lowest BCUT2D eigenvalue weighted by molar-refractivity contribution is -0.137. The molecule has 78 valence electrons. The summed E-state index contributed by atoms with van der Waals surface area (Å²) in [6, 6.07) is 0. The lowest BCUT2D eigenvalue weighted by Crippen LogP contribution is -2.24. The fraction of sp³-hybridized carbons (Fsp3) is 0.667. The summed E-state index contributed by atoms with van der Waals surface area (Å²) in [6.07, 6.45) is 6.66. The van der Waals surface area contributed by atoms with Gasteiger partial charge in [0.1, 0.15) is 0 Å². The molecule has 0 spiro atoms. The van der Waals surface area contributed by atoms with Crippen LogP contribution in [0.15, 0.2) is 11.6 Å². The van der Waals surface area contributed by atoms with Gasteiger partial charge in [0.05, 0.1) is 0 Å². The van der Waals surface area contributed by atoms with Crippen molar-refractivity contribution in [2.75, 3.05) is 0 Å². The Hall–Kier alpha value is -0.920. The molecule has 0 saturated heterocycles. The third-order valence-corrected chi connectivity index (χ3v) is 2.64. The maximum absolute atomic E-state index is 11.6. The topological polar surface area (TPSA) is 34.1 Å². The molecule has 0 heterocycles. The van der Waals surface area contributed by atoms with Crippen molar-refractivity contribution >= 4 is 11.6 Å². The van der Waals surface area contributed by atoms with Crippen molar-refractivity contribution in [2.24, 2.45) is 5.92 Å². The zero-order valence-corrected chi connectivity index (χ0v) is 9.01. The normalized spacial score (nSPS) is 17.6. The van der Waals surface area contributed by atoms with Crippen LogP contribution >= 0.6 is 0 Å². The Morgan fingerprint density at radius 3 is 2.14 bits per heavy atom. The van der Waals surface area contributed by atoms with Gasteiger partial charge in [0.25, 0.3) is 0 Å². The van der Waals surface area contributed by atoms with Crippen molar-refractivity contribution < 1.29 is 9.59 Å². The van der Waals surface area contributed by atoms with Gasteiger partial charge in [0.2, 0.25) is 11.6 Å². The van der Waals surface area contributed by atoms with Crippen LogP contribution in [0.1, 0.15) is 46.0 Å². The molecular weight excluding hydrogens is 176 g/mol. The van der Waals surface area contributed by atoms with E-state index < -0.39 is 0 Å². The third kappa shape index (κ3) is 3.09. The highest BCUT2D eigenvalue weighted by atomic mass is 16.2. The number of carbonyl (C=O) groups is 2. The Kier molecular flexibility index (Phi) is 4.05. The Morgan fingerprint density at radius 2 is 1.64 bits per heavy atom. The highest BCUT2D eigenvalue weighted by Crippen LogP contribution is 2.24. The van der Waals surface area contributed by atoms with Gasteiger partial charge in [-0.15, -0.1) is 0 Å². The molecule has 1 rings (SSSR count). The van der Waals surface area contributed by atoms with Gasteiger partial charge in [-0.2, -0.15) is 0 Å². The maximum Gasteiger partial charge on any atom is 0.221 e. The van der Waals surface area contributed by atoms with Gasteiger partial charge >= 0.3 is 0 Å². The number of carbonyl (C=O) groups excluding carboxylic acids is 2. The number of Topliss-reactive ketones (excluding diaryl/α,β-unsaturated/α-hetero) is 1. The molecule has 0 aromatic carbocycles. The molecule has 0 aromatic rings. The molecule has 1 saturated carbocycles. The molecule has 14 heavy (non-hydrogen) atoms. The molecule has 0 aliphatic heterocycles. The molecule has 0 bridgehead atoms. The second-order valence-electron chi connectivity index (χ2n) is 4.29. The van der Waals surface area contributed by atoms with E-state index in [-0.39, 0.29) is 17.5 Å². The van der Waals surface area contributed by atoms with Crippen LogP contribution in [0.5, 0.6) is 0 Å². The summed E-state index contributed by atoms with van der Waals surface area (Å²) >= 11 is 0. The van der Waals surface area contributed by atoms with Crippen LogP contribution in [0, 0.1) is 5.92 Å². The quantitative estimate of drug-likeness (QED) is 0.511. The monoisotopic (exact) mass is 194 g/mol. The Bertz CT molecular complexity index is 253. The van der Waals surface area contributed by atoms with E-state index >= 15 is 0 Å². The summed E-state index contributed by atoms with van der Waals surface area (Å²) < 4.78 is 0. The van der Waals surface area contributed by atoms with Crippen LogP contribution in [0.3, 0.4) is 0 Å². The predicted molar refractivity (Wildman–Crippen MR) is 56.0 cm³/mol. The average Bonchev–Trinajstić information content (AvgIpc) is 2.17. The molecular formula is C12H18O2. The Morgan fingerprint density at radius 1 is 1.07 bits per heavy atom. The fourth-order valence-corrected chi connectivity index (χ4v) is 1.90.